The van der Waals surface area contributed by atoms with Gasteiger partial charge in [-0.1, -0.05) is 23.7 Å². The van der Waals surface area contributed by atoms with Gasteiger partial charge in [-0.25, -0.2) is 4.79 Å². The molecule has 0 saturated carbocycles. The number of nitrogens with zero attached hydrogens (tertiary/aromatic N) is 1. The molecule has 7 heteroatoms. The van der Waals surface area contributed by atoms with Crippen molar-refractivity contribution in [1.29, 1.82) is 0 Å². The Hall–Kier alpha value is -2.34. The molecule has 2 rings (SSSR count). The first-order chi connectivity index (χ1) is 12.5. The van der Waals surface area contributed by atoms with Crippen LogP contribution in [0.4, 0.5) is 0 Å². The number of carbonyl (C=O) groups excluding carboxylic acids is 3. The van der Waals surface area contributed by atoms with Crippen molar-refractivity contribution in [3.8, 4) is 0 Å². The summed E-state index contributed by atoms with van der Waals surface area (Å²) in [7, 11) is 0. The number of benzene rings is 1. The number of amides is 1. The Bertz CT molecular complexity index is 663. The first-order valence-electron chi connectivity index (χ1n) is 8.54. The zero-order valence-electron chi connectivity index (χ0n) is 14.7. The molecule has 0 N–H and O–H groups in total. The number of piperidine rings is 1. The Morgan fingerprint density at radius 3 is 2.42 bits per heavy atom. The van der Waals surface area contributed by atoms with E-state index in [4.69, 9.17) is 21.1 Å². The number of hydrogen-bond acceptors (Lipinski definition) is 5. The van der Waals surface area contributed by atoms with Crippen LogP contribution < -0.4 is 0 Å². The molecule has 0 spiro atoms. The van der Waals surface area contributed by atoms with E-state index in [9.17, 15) is 14.4 Å². The van der Waals surface area contributed by atoms with Gasteiger partial charge in [-0.15, -0.1) is 0 Å². The lowest BCUT2D eigenvalue weighted by atomic mass is 9.97. The second kappa shape index (κ2) is 9.97. The van der Waals surface area contributed by atoms with Crippen LogP contribution in [0.5, 0.6) is 0 Å². The number of esters is 2. The molecule has 0 unspecified atom stereocenters. The van der Waals surface area contributed by atoms with Crippen LogP contribution in [0.2, 0.25) is 5.02 Å². The number of rotatable bonds is 6. The Balaban J connectivity index is 1.72. The Morgan fingerprint density at radius 1 is 1.15 bits per heavy atom. The van der Waals surface area contributed by atoms with Gasteiger partial charge in [0.05, 0.1) is 12.5 Å². The van der Waals surface area contributed by atoms with Gasteiger partial charge in [0, 0.05) is 24.2 Å². The van der Waals surface area contributed by atoms with Crippen LogP contribution >= 0.6 is 11.6 Å². The quantitative estimate of drug-likeness (QED) is 0.561. The highest BCUT2D eigenvalue weighted by Gasteiger charge is 2.28. The molecule has 26 heavy (non-hydrogen) atoms. The number of likely N-dealkylation sites (tertiary alicyclic amines) is 1. The molecular formula is C19H22ClNO5. The molecular weight excluding hydrogens is 358 g/mol. The molecule has 6 nitrogen and oxygen atoms in total. The zero-order chi connectivity index (χ0) is 18.9. The summed E-state index contributed by atoms with van der Waals surface area (Å²) in [5, 5.41) is 0.613. The summed E-state index contributed by atoms with van der Waals surface area (Å²) in [6.07, 6.45) is 3.99. The van der Waals surface area contributed by atoms with Gasteiger partial charge in [-0.2, -0.15) is 0 Å². The van der Waals surface area contributed by atoms with Crippen molar-refractivity contribution in [1.82, 2.24) is 4.90 Å². The van der Waals surface area contributed by atoms with E-state index in [1.807, 2.05) is 0 Å². The number of carbonyl (C=O) groups is 3. The highest BCUT2D eigenvalue weighted by atomic mass is 35.5. The summed E-state index contributed by atoms with van der Waals surface area (Å²) in [5.74, 6) is -1.22. The van der Waals surface area contributed by atoms with Gasteiger partial charge in [-0.3, -0.25) is 9.59 Å². The van der Waals surface area contributed by atoms with Crippen molar-refractivity contribution in [2.24, 2.45) is 5.92 Å². The van der Waals surface area contributed by atoms with Gasteiger partial charge in [0.1, 0.15) is 0 Å². The highest BCUT2D eigenvalue weighted by molar-refractivity contribution is 6.30. The van der Waals surface area contributed by atoms with Crippen molar-refractivity contribution in [2.45, 2.75) is 19.8 Å². The van der Waals surface area contributed by atoms with Gasteiger partial charge in [0.2, 0.25) is 0 Å². The molecule has 0 aliphatic carbocycles. The van der Waals surface area contributed by atoms with E-state index in [-0.39, 0.29) is 24.4 Å². The van der Waals surface area contributed by atoms with Crippen molar-refractivity contribution in [3.63, 3.8) is 0 Å². The van der Waals surface area contributed by atoms with Crippen molar-refractivity contribution < 1.29 is 23.9 Å². The molecule has 1 aliphatic rings. The second-order valence-electron chi connectivity index (χ2n) is 5.90. The highest BCUT2D eigenvalue weighted by Crippen LogP contribution is 2.18. The maximum Gasteiger partial charge on any atom is 0.331 e. The van der Waals surface area contributed by atoms with Crippen LogP contribution in [0.25, 0.3) is 6.08 Å². The van der Waals surface area contributed by atoms with E-state index in [1.165, 1.54) is 6.08 Å². The summed E-state index contributed by atoms with van der Waals surface area (Å²) in [5.41, 5.74) is 0.804. The van der Waals surface area contributed by atoms with Gasteiger partial charge >= 0.3 is 11.9 Å². The fourth-order valence-electron chi connectivity index (χ4n) is 2.64. The van der Waals surface area contributed by atoms with E-state index in [2.05, 4.69) is 0 Å². The maximum atomic E-state index is 12.1. The third kappa shape index (κ3) is 6.19. The Labute approximate surface area is 157 Å². The summed E-state index contributed by atoms with van der Waals surface area (Å²) in [4.78, 5) is 37.1. The lowest BCUT2D eigenvalue weighted by molar-refractivity contribution is -0.153. The van der Waals surface area contributed by atoms with Crippen LogP contribution in [-0.4, -0.2) is 49.0 Å². The number of halogens is 1. The zero-order valence-corrected chi connectivity index (χ0v) is 15.4. The fraction of sp³-hybridized carbons (Fsp3) is 0.421. The van der Waals surface area contributed by atoms with Crippen LogP contribution in [0, 0.1) is 5.92 Å². The predicted molar refractivity (Wildman–Crippen MR) is 97.4 cm³/mol. The van der Waals surface area contributed by atoms with E-state index in [0.717, 1.165) is 5.56 Å². The van der Waals surface area contributed by atoms with Crippen LogP contribution in [0.15, 0.2) is 30.3 Å². The number of hydrogen-bond donors (Lipinski definition) is 0. The maximum absolute atomic E-state index is 12.1. The predicted octanol–water partition coefficient (Wildman–Crippen LogP) is 2.70. The monoisotopic (exact) mass is 379 g/mol. The average molecular weight is 380 g/mol. The normalized spacial score (nSPS) is 15.1. The van der Waals surface area contributed by atoms with Gasteiger partial charge < -0.3 is 14.4 Å². The minimum absolute atomic E-state index is 0.163. The van der Waals surface area contributed by atoms with Crippen LogP contribution in [-0.2, 0) is 23.9 Å². The average Bonchev–Trinajstić information content (AvgIpc) is 2.66. The minimum Gasteiger partial charge on any atom is -0.466 e. The molecule has 0 aromatic heterocycles. The Kier molecular flexibility index (Phi) is 7.66. The first-order valence-corrected chi connectivity index (χ1v) is 8.92. The molecule has 140 valence electrons. The standard InChI is InChI=1S/C19H22ClNO5/c1-2-25-19(24)15-9-11-21(12-10-15)17(22)13-26-18(23)8-5-14-3-6-16(20)7-4-14/h3-8,15H,2,9-13H2,1H3/b8-5+. The number of ether oxygens (including phenoxy) is 2. The molecule has 1 heterocycles. The summed E-state index contributed by atoms with van der Waals surface area (Å²) >= 11 is 5.79. The van der Waals surface area contributed by atoms with E-state index >= 15 is 0 Å². The first kappa shape index (κ1) is 20.0. The van der Waals surface area contributed by atoms with E-state index in [1.54, 1.807) is 42.2 Å². The lowest BCUT2D eigenvalue weighted by Crippen LogP contribution is -2.42. The molecule has 1 fully saturated rings. The van der Waals surface area contributed by atoms with Crippen LogP contribution in [0.1, 0.15) is 25.3 Å². The largest absolute Gasteiger partial charge is 0.466 e. The van der Waals surface area contributed by atoms with Crippen molar-refractivity contribution in [3.05, 3.63) is 40.9 Å². The lowest BCUT2D eigenvalue weighted by Gasteiger charge is -2.30. The van der Waals surface area contributed by atoms with Crippen molar-refractivity contribution >= 4 is 35.5 Å². The summed E-state index contributed by atoms with van der Waals surface area (Å²) in [6.45, 7) is 2.73. The molecule has 1 amide bonds. The summed E-state index contributed by atoms with van der Waals surface area (Å²) < 4.78 is 9.98. The fourth-order valence-corrected chi connectivity index (χ4v) is 2.76. The summed E-state index contributed by atoms with van der Waals surface area (Å²) in [6, 6.07) is 6.97. The van der Waals surface area contributed by atoms with Gasteiger partial charge in [0.15, 0.2) is 6.61 Å². The third-order valence-electron chi connectivity index (χ3n) is 4.09. The Morgan fingerprint density at radius 2 is 1.81 bits per heavy atom. The molecule has 0 bridgehead atoms. The molecule has 1 aliphatic heterocycles. The molecule has 1 aromatic rings. The second-order valence-corrected chi connectivity index (χ2v) is 6.34. The molecule has 0 radical (unpaired) electrons. The van der Waals surface area contributed by atoms with Gasteiger partial charge in [-0.05, 0) is 43.5 Å². The topological polar surface area (TPSA) is 72.9 Å². The van der Waals surface area contributed by atoms with Gasteiger partial charge in [0.25, 0.3) is 5.91 Å². The SMILES string of the molecule is CCOC(=O)C1CCN(C(=O)COC(=O)/C=C/c2ccc(Cl)cc2)CC1. The molecule has 0 atom stereocenters. The smallest absolute Gasteiger partial charge is 0.331 e. The molecule has 1 aromatic carbocycles. The minimum atomic E-state index is -0.588. The van der Waals surface area contributed by atoms with E-state index in [0.29, 0.717) is 37.6 Å². The van der Waals surface area contributed by atoms with Crippen molar-refractivity contribution in [2.75, 3.05) is 26.3 Å². The molecule has 1 saturated heterocycles. The van der Waals surface area contributed by atoms with Crippen LogP contribution in [0.3, 0.4) is 0 Å². The third-order valence-corrected chi connectivity index (χ3v) is 4.34. The van der Waals surface area contributed by atoms with E-state index < -0.39 is 5.97 Å².